The summed E-state index contributed by atoms with van der Waals surface area (Å²) in [7, 11) is 0. The van der Waals surface area contributed by atoms with Crippen LogP contribution in [0.5, 0.6) is 0 Å². The summed E-state index contributed by atoms with van der Waals surface area (Å²) in [6.07, 6.45) is 4.44. The van der Waals surface area contributed by atoms with Gasteiger partial charge in [0.1, 0.15) is 11.8 Å². The van der Waals surface area contributed by atoms with Gasteiger partial charge in [0.2, 0.25) is 0 Å². The summed E-state index contributed by atoms with van der Waals surface area (Å²) in [5, 5.41) is 12.8. The molecule has 1 heterocycles. The largest absolute Gasteiger partial charge is 0.463 e. The lowest BCUT2D eigenvalue weighted by Gasteiger charge is -2.14. The highest BCUT2D eigenvalue weighted by Crippen LogP contribution is 2.47. The smallest absolute Gasteiger partial charge is 0.255 e. The van der Waals surface area contributed by atoms with Crippen molar-refractivity contribution in [3.05, 3.63) is 36.1 Å². The number of carbonyl (C=O) groups excluding carboxylic acids is 1. The molecule has 1 aliphatic rings. The first-order chi connectivity index (χ1) is 9.24. The Kier molecular flexibility index (Phi) is 3.03. The molecule has 0 unspecified atom stereocenters. The Bertz CT molecular complexity index is 598. The molecular formula is C15H17NO3. The number of hydrogen-bond donors (Lipinski definition) is 2. The molecule has 1 amide bonds. The lowest BCUT2D eigenvalue weighted by atomic mass is 10.0. The van der Waals surface area contributed by atoms with Gasteiger partial charge in [-0.15, -0.1) is 0 Å². The van der Waals surface area contributed by atoms with E-state index in [1.807, 2.05) is 24.3 Å². The molecule has 0 atom stereocenters. The Balaban J connectivity index is 1.71. The first kappa shape index (κ1) is 12.2. The van der Waals surface area contributed by atoms with Crippen molar-refractivity contribution in [3.8, 4) is 0 Å². The number of aliphatic hydroxyl groups excluding tert-OH is 1. The number of benzene rings is 1. The maximum absolute atomic E-state index is 12.2. The lowest BCUT2D eigenvalue weighted by molar-refractivity contribution is 0.0941. The average molecular weight is 259 g/mol. The van der Waals surface area contributed by atoms with E-state index in [-0.39, 0.29) is 17.9 Å². The second kappa shape index (κ2) is 4.70. The zero-order valence-corrected chi connectivity index (χ0v) is 10.7. The first-order valence-electron chi connectivity index (χ1n) is 6.59. The van der Waals surface area contributed by atoms with Crippen molar-refractivity contribution in [2.75, 3.05) is 13.2 Å². The minimum Gasteiger partial charge on any atom is -0.463 e. The number of furan rings is 1. The fourth-order valence-electron chi connectivity index (χ4n) is 2.45. The van der Waals surface area contributed by atoms with Crippen LogP contribution in [0.4, 0.5) is 0 Å². The molecule has 1 fully saturated rings. The van der Waals surface area contributed by atoms with Gasteiger partial charge in [0.05, 0.1) is 5.56 Å². The Labute approximate surface area is 111 Å². The standard InChI is InChI=1S/C15H17NO3/c17-8-7-15(5-6-15)10-16-14(18)12-9-19-13-4-2-1-3-11(12)13/h1-4,9,17H,5-8,10H2,(H,16,18). The molecule has 1 aromatic heterocycles. The third kappa shape index (κ3) is 2.36. The van der Waals surface area contributed by atoms with Gasteiger partial charge in [-0.2, -0.15) is 0 Å². The number of rotatable bonds is 5. The van der Waals surface area contributed by atoms with E-state index < -0.39 is 0 Å². The zero-order valence-electron chi connectivity index (χ0n) is 10.7. The lowest BCUT2D eigenvalue weighted by Crippen LogP contribution is -2.30. The summed E-state index contributed by atoms with van der Waals surface area (Å²) in [5.74, 6) is -0.103. The number of fused-ring (bicyclic) bond motifs is 1. The highest BCUT2D eigenvalue weighted by Gasteiger charge is 2.42. The van der Waals surface area contributed by atoms with E-state index in [1.165, 1.54) is 6.26 Å². The summed E-state index contributed by atoms with van der Waals surface area (Å²) in [6, 6.07) is 7.51. The summed E-state index contributed by atoms with van der Waals surface area (Å²) in [5.41, 5.74) is 1.43. The molecule has 4 heteroatoms. The SMILES string of the molecule is O=C(NCC1(CCO)CC1)c1coc2ccccc12. The Morgan fingerprint density at radius 2 is 2.16 bits per heavy atom. The van der Waals surface area contributed by atoms with Gasteiger partial charge in [0.25, 0.3) is 5.91 Å². The van der Waals surface area contributed by atoms with Crippen LogP contribution in [0.3, 0.4) is 0 Å². The number of carbonyl (C=O) groups is 1. The third-order valence-electron chi connectivity index (χ3n) is 3.95. The number of amides is 1. The van der Waals surface area contributed by atoms with E-state index in [1.54, 1.807) is 0 Å². The van der Waals surface area contributed by atoms with Crippen LogP contribution < -0.4 is 5.32 Å². The van der Waals surface area contributed by atoms with Crippen molar-refractivity contribution in [1.29, 1.82) is 0 Å². The molecule has 3 rings (SSSR count). The van der Waals surface area contributed by atoms with Gasteiger partial charge >= 0.3 is 0 Å². The van der Waals surface area contributed by atoms with E-state index >= 15 is 0 Å². The number of nitrogens with one attached hydrogen (secondary N) is 1. The molecule has 2 N–H and O–H groups in total. The summed E-state index contributed by atoms with van der Waals surface area (Å²) in [6.45, 7) is 0.816. The van der Waals surface area contributed by atoms with Crippen LogP contribution in [0.2, 0.25) is 0 Å². The van der Waals surface area contributed by atoms with Crippen LogP contribution in [-0.2, 0) is 0 Å². The van der Waals surface area contributed by atoms with Crippen molar-refractivity contribution in [3.63, 3.8) is 0 Å². The molecule has 4 nitrogen and oxygen atoms in total. The molecule has 2 aromatic rings. The van der Waals surface area contributed by atoms with Crippen LogP contribution in [0.1, 0.15) is 29.6 Å². The van der Waals surface area contributed by atoms with E-state index in [2.05, 4.69) is 5.32 Å². The molecule has 0 saturated heterocycles. The van der Waals surface area contributed by atoms with Crippen LogP contribution in [0.15, 0.2) is 34.9 Å². The third-order valence-corrected chi connectivity index (χ3v) is 3.95. The van der Waals surface area contributed by atoms with Gasteiger partial charge in [-0.1, -0.05) is 18.2 Å². The topological polar surface area (TPSA) is 62.5 Å². The van der Waals surface area contributed by atoms with Crippen LogP contribution in [-0.4, -0.2) is 24.2 Å². The second-order valence-electron chi connectivity index (χ2n) is 5.30. The van der Waals surface area contributed by atoms with Crippen LogP contribution >= 0.6 is 0 Å². The van der Waals surface area contributed by atoms with Gasteiger partial charge in [-0.05, 0) is 30.7 Å². The van der Waals surface area contributed by atoms with Gasteiger partial charge in [0.15, 0.2) is 0 Å². The van der Waals surface area contributed by atoms with Crippen molar-refractivity contribution in [2.45, 2.75) is 19.3 Å². The monoisotopic (exact) mass is 259 g/mol. The van der Waals surface area contributed by atoms with E-state index in [0.717, 1.165) is 30.2 Å². The minimum atomic E-state index is -0.103. The van der Waals surface area contributed by atoms with E-state index in [4.69, 9.17) is 9.52 Å². The maximum Gasteiger partial charge on any atom is 0.255 e. The quantitative estimate of drug-likeness (QED) is 0.866. The van der Waals surface area contributed by atoms with Crippen LogP contribution in [0.25, 0.3) is 11.0 Å². The minimum absolute atomic E-state index is 0.103. The van der Waals surface area contributed by atoms with Crippen molar-refractivity contribution < 1.29 is 14.3 Å². The van der Waals surface area contributed by atoms with Gasteiger partial charge < -0.3 is 14.8 Å². The van der Waals surface area contributed by atoms with E-state index in [9.17, 15) is 4.79 Å². The fourth-order valence-corrected chi connectivity index (χ4v) is 2.45. The van der Waals surface area contributed by atoms with Crippen LogP contribution in [0, 0.1) is 5.41 Å². The Morgan fingerprint density at radius 1 is 1.37 bits per heavy atom. The summed E-state index contributed by atoms with van der Waals surface area (Å²) >= 11 is 0. The molecule has 100 valence electrons. The number of para-hydroxylation sites is 1. The van der Waals surface area contributed by atoms with Crippen molar-refractivity contribution >= 4 is 16.9 Å². The molecule has 0 aliphatic heterocycles. The molecule has 1 aliphatic carbocycles. The maximum atomic E-state index is 12.2. The zero-order chi connectivity index (χ0) is 13.3. The highest BCUT2D eigenvalue weighted by molar-refractivity contribution is 6.05. The molecule has 0 spiro atoms. The molecule has 1 saturated carbocycles. The van der Waals surface area contributed by atoms with Gasteiger partial charge in [-0.3, -0.25) is 4.79 Å². The number of hydrogen-bond acceptors (Lipinski definition) is 3. The average Bonchev–Trinajstić information content (AvgIpc) is 3.05. The highest BCUT2D eigenvalue weighted by atomic mass is 16.3. The second-order valence-corrected chi connectivity index (χ2v) is 5.30. The summed E-state index contributed by atoms with van der Waals surface area (Å²) in [4.78, 5) is 12.2. The molecule has 0 bridgehead atoms. The fraction of sp³-hybridized carbons (Fsp3) is 0.400. The van der Waals surface area contributed by atoms with E-state index in [0.29, 0.717) is 12.1 Å². The van der Waals surface area contributed by atoms with Gasteiger partial charge in [0, 0.05) is 18.5 Å². The normalized spacial score (nSPS) is 16.5. The first-order valence-corrected chi connectivity index (χ1v) is 6.59. The predicted molar refractivity (Wildman–Crippen MR) is 71.9 cm³/mol. The molecule has 0 radical (unpaired) electrons. The summed E-state index contributed by atoms with van der Waals surface area (Å²) < 4.78 is 5.36. The Hall–Kier alpha value is -1.81. The number of aliphatic hydroxyl groups is 1. The molecular weight excluding hydrogens is 242 g/mol. The Morgan fingerprint density at radius 3 is 2.89 bits per heavy atom. The van der Waals surface area contributed by atoms with Crippen molar-refractivity contribution in [1.82, 2.24) is 5.32 Å². The van der Waals surface area contributed by atoms with Gasteiger partial charge in [-0.25, -0.2) is 0 Å². The molecule has 19 heavy (non-hydrogen) atoms. The molecule has 1 aromatic carbocycles. The van der Waals surface area contributed by atoms with Crippen molar-refractivity contribution in [2.24, 2.45) is 5.41 Å². The predicted octanol–water partition coefficient (Wildman–Crippen LogP) is 2.33.